The Morgan fingerprint density at radius 1 is 1.46 bits per heavy atom. The zero-order chi connectivity index (χ0) is 9.42. The average Bonchev–Trinajstić information content (AvgIpc) is 2.62. The molecule has 74 valence electrons. The molecule has 0 aromatic heterocycles. The molecule has 0 aliphatic carbocycles. The molecule has 2 heterocycles. The van der Waals surface area contributed by atoms with Crippen molar-refractivity contribution in [1.29, 1.82) is 0 Å². The number of fused-ring (bicyclic) bond motifs is 2. The number of rotatable bonds is 2. The Morgan fingerprint density at radius 2 is 2.23 bits per heavy atom. The molecule has 0 aromatic rings. The fraction of sp³-hybridized carbons (Fsp3) is 0.900. The molecule has 0 spiro atoms. The molecular formula is C10H18N2O. The number of nitrogens with two attached hydrogens (primary N) is 1. The van der Waals surface area contributed by atoms with Crippen molar-refractivity contribution in [3.63, 3.8) is 0 Å². The molecule has 0 aromatic carbocycles. The molecule has 2 bridgehead atoms. The molecule has 2 N–H and O–H groups in total. The maximum absolute atomic E-state index is 5.94. The lowest BCUT2D eigenvalue weighted by Gasteiger charge is -2.18. The summed E-state index contributed by atoms with van der Waals surface area (Å²) in [6.45, 7) is 4.11. The Bertz CT molecular complexity index is 225. The van der Waals surface area contributed by atoms with Gasteiger partial charge in [0.05, 0.1) is 18.0 Å². The Balaban J connectivity index is 2.02. The van der Waals surface area contributed by atoms with Crippen molar-refractivity contribution in [3.05, 3.63) is 0 Å². The molecule has 3 nitrogen and oxygen atoms in total. The van der Waals surface area contributed by atoms with Gasteiger partial charge in [-0.05, 0) is 33.1 Å². The Hall–Kier alpha value is -0.570. The molecule has 2 fully saturated rings. The number of ether oxygens (including phenoxy) is 1. The minimum atomic E-state index is 0.305. The highest BCUT2D eigenvalue weighted by molar-refractivity contribution is 5.84. The molecule has 3 unspecified atom stereocenters. The van der Waals surface area contributed by atoms with E-state index in [1.54, 1.807) is 0 Å². The highest BCUT2D eigenvalue weighted by atomic mass is 16.5. The summed E-state index contributed by atoms with van der Waals surface area (Å²) < 4.78 is 5.73. The molecule has 2 aliphatic rings. The first-order valence-corrected chi connectivity index (χ1v) is 5.15. The van der Waals surface area contributed by atoms with Crippen LogP contribution in [0.15, 0.2) is 4.99 Å². The van der Waals surface area contributed by atoms with Crippen LogP contribution in [0.3, 0.4) is 0 Å². The van der Waals surface area contributed by atoms with Crippen molar-refractivity contribution in [2.24, 2.45) is 16.6 Å². The van der Waals surface area contributed by atoms with Crippen molar-refractivity contribution < 1.29 is 4.74 Å². The van der Waals surface area contributed by atoms with Crippen LogP contribution in [0.1, 0.15) is 33.1 Å². The predicted molar refractivity (Wildman–Crippen MR) is 52.8 cm³/mol. The predicted octanol–water partition coefficient (Wildman–Crippen LogP) is 1.32. The zero-order valence-corrected chi connectivity index (χ0v) is 8.36. The fourth-order valence-corrected chi connectivity index (χ4v) is 2.34. The van der Waals surface area contributed by atoms with E-state index in [-0.39, 0.29) is 0 Å². The van der Waals surface area contributed by atoms with Crippen LogP contribution in [0.25, 0.3) is 0 Å². The van der Waals surface area contributed by atoms with Gasteiger partial charge in [0, 0.05) is 12.0 Å². The van der Waals surface area contributed by atoms with E-state index in [9.17, 15) is 0 Å². The van der Waals surface area contributed by atoms with Crippen LogP contribution in [0.2, 0.25) is 0 Å². The summed E-state index contributed by atoms with van der Waals surface area (Å²) in [7, 11) is 0. The summed E-state index contributed by atoms with van der Waals surface area (Å²) in [5.74, 6) is 1.21. The average molecular weight is 182 g/mol. The fourth-order valence-electron chi connectivity index (χ4n) is 2.34. The number of nitrogens with zero attached hydrogens (tertiary/aromatic N) is 1. The lowest BCUT2D eigenvalue weighted by molar-refractivity contribution is 0.0995. The van der Waals surface area contributed by atoms with Crippen LogP contribution >= 0.6 is 0 Å². The van der Waals surface area contributed by atoms with Crippen LogP contribution < -0.4 is 5.73 Å². The third kappa shape index (κ3) is 1.70. The normalized spacial score (nSPS) is 39.0. The van der Waals surface area contributed by atoms with Gasteiger partial charge in [-0.25, -0.2) is 0 Å². The summed E-state index contributed by atoms with van der Waals surface area (Å²) >= 11 is 0. The maximum Gasteiger partial charge on any atom is 0.0998 e. The standard InChI is InChI=1S/C10H18N2O/c1-6(2)12-10(11)8-5-7-3-4-9(8)13-7/h6-9H,3-5H2,1-2H3,(H2,11,12). The highest BCUT2D eigenvalue weighted by Crippen LogP contribution is 2.38. The highest BCUT2D eigenvalue weighted by Gasteiger charge is 2.42. The number of amidine groups is 1. The van der Waals surface area contributed by atoms with E-state index < -0.39 is 0 Å². The van der Waals surface area contributed by atoms with Gasteiger partial charge in [-0.3, -0.25) is 4.99 Å². The Labute approximate surface area is 79.4 Å². The van der Waals surface area contributed by atoms with Gasteiger partial charge >= 0.3 is 0 Å². The summed E-state index contributed by atoms with van der Waals surface area (Å²) in [5, 5.41) is 0. The lowest BCUT2D eigenvalue weighted by Crippen LogP contribution is -2.32. The molecule has 13 heavy (non-hydrogen) atoms. The molecule has 0 saturated carbocycles. The van der Waals surface area contributed by atoms with E-state index in [0.29, 0.717) is 24.2 Å². The van der Waals surface area contributed by atoms with Crippen LogP contribution in [0.5, 0.6) is 0 Å². The second kappa shape index (κ2) is 3.29. The van der Waals surface area contributed by atoms with E-state index in [0.717, 1.165) is 12.3 Å². The summed E-state index contributed by atoms with van der Waals surface area (Å²) in [4.78, 5) is 4.39. The number of hydrogen-bond acceptors (Lipinski definition) is 2. The SMILES string of the molecule is CC(C)N=C(N)C1CC2CCC1O2. The van der Waals surface area contributed by atoms with Gasteiger partial charge in [0.25, 0.3) is 0 Å². The van der Waals surface area contributed by atoms with Crippen LogP contribution in [-0.2, 0) is 4.74 Å². The van der Waals surface area contributed by atoms with Crippen LogP contribution in [0.4, 0.5) is 0 Å². The molecular weight excluding hydrogens is 164 g/mol. The Kier molecular flexibility index (Phi) is 2.28. The monoisotopic (exact) mass is 182 g/mol. The smallest absolute Gasteiger partial charge is 0.0998 e. The van der Waals surface area contributed by atoms with E-state index in [2.05, 4.69) is 18.8 Å². The first kappa shape index (κ1) is 9.00. The van der Waals surface area contributed by atoms with Crippen LogP contribution in [-0.4, -0.2) is 24.1 Å². The Morgan fingerprint density at radius 3 is 2.69 bits per heavy atom. The third-order valence-electron chi connectivity index (χ3n) is 2.89. The topological polar surface area (TPSA) is 47.6 Å². The van der Waals surface area contributed by atoms with Gasteiger partial charge in [0.1, 0.15) is 0 Å². The minimum Gasteiger partial charge on any atom is -0.387 e. The van der Waals surface area contributed by atoms with Gasteiger partial charge in [-0.1, -0.05) is 0 Å². The van der Waals surface area contributed by atoms with Crippen molar-refractivity contribution in [3.8, 4) is 0 Å². The van der Waals surface area contributed by atoms with E-state index in [1.807, 2.05) is 0 Å². The second-order valence-corrected chi connectivity index (χ2v) is 4.36. The van der Waals surface area contributed by atoms with Gasteiger partial charge in [-0.2, -0.15) is 0 Å². The van der Waals surface area contributed by atoms with Crippen molar-refractivity contribution in [1.82, 2.24) is 0 Å². The van der Waals surface area contributed by atoms with E-state index in [1.165, 1.54) is 12.8 Å². The van der Waals surface area contributed by atoms with Crippen molar-refractivity contribution in [2.75, 3.05) is 0 Å². The summed E-state index contributed by atoms with van der Waals surface area (Å²) in [6, 6.07) is 0.305. The van der Waals surface area contributed by atoms with E-state index in [4.69, 9.17) is 10.5 Å². The van der Waals surface area contributed by atoms with Gasteiger partial charge < -0.3 is 10.5 Å². The van der Waals surface area contributed by atoms with E-state index >= 15 is 0 Å². The summed E-state index contributed by atoms with van der Waals surface area (Å²) in [5.41, 5.74) is 5.94. The third-order valence-corrected chi connectivity index (χ3v) is 2.89. The molecule has 2 rings (SSSR count). The first-order valence-electron chi connectivity index (χ1n) is 5.15. The molecule has 0 radical (unpaired) electrons. The lowest BCUT2D eigenvalue weighted by atomic mass is 9.88. The van der Waals surface area contributed by atoms with Gasteiger partial charge in [-0.15, -0.1) is 0 Å². The van der Waals surface area contributed by atoms with Crippen molar-refractivity contribution in [2.45, 2.75) is 51.4 Å². The molecule has 2 aliphatic heterocycles. The van der Waals surface area contributed by atoms with Gasteiger partial charge in [0.15, 0.2) is 0 Å². The number of aliphatic imine (C=N–C) groups is 1. The molecule has 0 amide bonds. The second-order valence-electron chi connectivity index (χ2n) is 4.36. The van der Waals surface area contributed by atoms with Crippen LogP contribution in [0, 0.1) is 5.92 Å². The zero-order valence-electron chi connectivity index (χ0n) is 8.36. The quantitative estimate of drug-likeness (QED) is 0.517. The molecule has 3 atom stereocenters. The molecule has 2 saturated heterocycles. The minimum absolute atomic E-state index is 0.305. The van der Waals surface area contributed by atoms with Gasteiger partial charge in [0.2, 0.25) is 0 Å². The molecule has 3 heteroatoms. The maximum atomic E-state index is 5.94. The first-order chi connectivity index (χ1) is 6.16. The largest absolute Gasteiger partial charge is 0.387 e. The summed E-state index contributed by atoms with van der Waals surface area (Å²) in [6.07, 6.45) is 4.32. The number of hydrogen-bond donors (Lipinski definition) is 1. The van der Waals surface area contributed by atoms with Crippen molar-refractivity contribution >= 4 is 5.84 Å².